The topological polar surface area (TPSA) is 44.5 Å². The van der Waals surface area contributed by atoms with Gasteiger partial charge in [-0.05, 0) is 32.8 Å². The van der Waals surface area contributed by atoms with E-state index in [4.69, 9.17) is 15.2 Å². The summed E-state index contributed by atoms with van der Waals surface area (Å²) in [6.07, 6.45) is 3.83. The zero-order valence-corrected chi connectivity index (χ0v) is 11.8. The summed E-state index contributed by atoms with van der Waals surface area (Å²) in [5, 5.41) is 0. The van der Waals surface area contributed by atoms with Crippen LogP contribution in [0.1, 0.15) is 45.1 Å². The third-order valence-electron chi connectivity index (χ3n) is 3.63. The van der Waals surface area contributed by atoms with E-state index in [9.17, 15) is 4.39 Å². The normalized spacial score (nSPS) is 17.8. The number of nitrogens with two attached hydrogens (primary N) is 1. The van der Waals surface area contributed by atoms with Crippen molar-refractivity contribution in [3.8, 4) is 11.5 Å². The molecule has 1 aromatic rings. The number of rotatable bonds is 4. The van der Waals surface area contributed by atoms with Gasteiger partial charge in [0.15, 0.2) is 11.5 Å². The van der Waals surface area contributed by atoms with E-state index in [1.54, 1.807) is 0 Å². The summed E-state index contributed by atoms with van der Waals surface area (Å²) in [6, 6.07) is 2.84. The van der Waals surface area contributed by atoms with Crippen molar-refractivity contribution in [3.05, 3.63) is 23.5 Å². The largest absolute Gasteiger partial charge is 0.493 e. The predicted octanol–water partition coefficient (Wildman–Crippen LogP) is 3.35. The van der Waals surface area contributed by atoms with Gasteiger partial charge in [-0.15, -0.1) is 0 Å². The Morgan fingerprint density at radius 1 is 1.26 bits per heavy atom. The van der Waals surface area contributed by atoms with Gasteiger partial charge in [-0.25, -0.2) is 4.39 Å². The first kappa shape index (κ1) is 14.1. The monoisotopic (exact) mass is 267 g/mol. The average Bonchev–Trinajstić information content (AvgIpc) is 2.78. The molecule has 0 unspecified atom stereocenters. The molecule has 0 spiro atoms. The van der Waals surface area contributed by atoms with Crippen LogP contribution in [-0.2, 0) is 5.54 Å². The van der Waals surface area contributed by atoms with Gasteiger partial charge in [0.1, 0.15) is 5.82 Å². The maximum Gasteiger partial charge on any atom is 0.166 e. The molecule has 0 amide bonds. The lowest BCUT2D eigenvalue weighted by Gasteiger charge is -2.28. The molecule has 106 valence electrons. The summed E-state index contributed by atoms with van der Waals surface area (Å²) < 4.78 is 24.8. The van der Waals surface area contributed by atoms with Crippen LogP contribution in [0.2, 0.25) is 0 Å². The molecule has 1 fully saturated rings. The minimum absolute atomic E-state index is 0.0110. The number of halogens is 1. The van der Waals surface area contributed by atoms with Crippen molar-refractivity contribution in [1.82, 2.24) is 0 Å². The quantitative estimate of drug-likeness (QED) is 0.909. The van der Waals surface area contributed by atoms with Crippen molar-refractivity contribution in [1.29, 1.82) is 0 Å². The highest BCUT2D eigenvalue weighted by Gasteiger charge is 2.35. The fourth-order valence-corrected chi connectivity index (χ4v) is 2.72. The second-order valence-corrected chi connectivity index (χ2v) is 5.51. The highest BCUT2D eigenvalue weighted by molar-refractivity contribution is 5.50. The smallest absolute Gasteiger partial charge is 0.166 e. The van der Waals surface area contributed by atoms with E-state index in [-0.39, 0.29) is 11.9 Å². The SMILES string of the molecule is COc1cc(F)cc(C2(N)CCCC2)c1OC(C)C. The van der Waals surface area contributed by atoms with Crippen molar-refractivity contribution in [2.45, 2.75) is 51.2 Å². The first-order chi connectivity index (χ1) is 8.96. The Kier molecular flexibility index (Phi) is 3.99. The van der Waals surface area contributed by atoms with Crippen LogP contribution >= 0.6 is 0 Å². The Labute approximate surface area is 113 Å². The lowest BCUT2D eigenvalue weighted by molar-refractivity contribution is 0.221. The average molecular weight is 267 g/mol. The number of hydrogen-bond acceptors (Lipinski definition) is 3. The molecule has 4 heteroatoms. The minimum atomic E-state index is -0.500. The van der Waals surface area contributed by atoms with Crippen LogP contribution in [-0.4, -0.2) is 13.2 Å². The van der Waals surface area contributed by atoms with E-state index in [2.05, 4.69) is 0 Å². The van der Waals surface area contributed by atoms with Gasteiger partial charge in [0.2, 0.25) is 0 Å². The number of benzene rings is 1. The molecular weight excluding hydrogens is 245 g/mol. The predicted molar refractivity (Wildman–Crippen MR) is 73.0 cm³/mol. The standard InChI is InChI=1S/C15H22FNO2/c1-10(2)19-14-12(15(17)6-4-5-7-15)8-11(16)9-13(14)18-3/h8-10H,4-7,17H2,1-3H3. The zero-order valence-electron chi connectivity index (χ0n) is 11.8. The number of hydrogen-bond donors (Lipinski definition) is 1. The van der Waals surface area contributed by atoms with Crippen LogP contribution < -0.4 is 15.2 Å². The molecule has 0 aliphatic heterocycles. The third-order valence-corrected chi connectivity index (χ3v) is 3.63. The fraction of sp³-hybridized carbons (Fsp3) is 0.600. The maximum absolute atomic E-state index is 13.8. The molecule has 19 heavy (non-hydrogen) atoms. The van der Waals surface area contributed by atoms with Crippen LogP contribution in [0.4, 0.5) is 4.39 Å². The van der Waals surface area contributed by atoms with Gasteiger partial charge in [-0.2, -0.15) is 0 Å². The molecule has 2 rings (SSSR count). The molecule has 0 radical (unpaired) electrons. The Balaban J connectivity index is 2.53. The molecule has 3 nitrogen and oxygen atoms in total. The highest BCUT2D eigenvalue weighted by atomic mass is 19.1. The second kappa shape index (κ2) is 5.37. The molecule has 0 aromatic heterocycles. The number of ether oxygens (including phenoxy) is 2. The summed E-state index contributed by atoms with van der Waals surface area (Å²) in [4.78, 5) is 0. The Bertz CT molecular complexity index is 454. The molecular formula is C15H22FNO2. The maximum atomic E-state index is 13.8. The minimum Gasteiger partial charge on any atom is -0.493 e. The van der Waals surface area contributed by atoms with Gasteiger partial charge in [0, 0.05) is 17.2 Å². The molecule has 1 saturated carbocycles. The highest BCUT2D eigenvalue weighted by Crippen LogP contribution is 2.45. The van der Waals surface area contributed by atoms with Crippen LogP contribution in [0.25, 0.3) is 0 Å². The van der Waals surface area contributed by atoms with Crippen LogP contribution in [0.15, 0.2) is 12.1 Å². The van der Waals surface area contributed by atoms with E-state index in [1.165, 1.54) is 19.2 Å². The first-order valence-corrected chi connectivity index (χ1v) is 6.80. The summed E-state index contributed by atoms with van der Waals surface area (Å²) in [6.45, 7) is 3.87. The number of methoxy groups -OCH3 is 1. The van der Waals surface area contributed by atoms with E-state index in [0.29, 0.717) is 11.5 Å². The molecule has 0 atom stereocenters. The molecule has 2 N–H and O–H groups in total. The van der Waals surface area contributed by atoms with Gasteiger partial charge in [-0.3, -0.25) is 0 Å². The lowest BCUT2D eigenvalue weighted by Crippen LogP contribution is -2.34. The molecule has 0 bridgehead atoms. The second-order valence-electron chi connectivity index (χ2n) is 5.51. The van der Waals surface area contributed by atoms with E-state index < -0.39 is 5.54 Å². The Hall–Kier alpha value is -1.29. The van der Waals surface area contributed by atoms with Gasteiger partial charge < -0.3 is 15.2 Å². The van der Waals surface area contributed by atoms with E-state index in [1.807, 2.05) is 13.8 Å². The van der Waals surface area contributed by atoms with Crippen LogP contribution in [0.5, 0.6) is 11.5 Å². The summed E-state index contributed by atoms with van der Waals surface area (Å²) in [5.74, 6) is 0.670. The van der Waals surface area contributed by atoms with Crippen molar-refractivity contribution in [3.63, 3.8) is 0 Å². The fourth-order valence-electron chi connectivity index (χ4n) is 2.72. The van der Waals surface area contributed by atoms with Gasteiger partial charge in [0.05, 0.1) is 13.2 Å². The van der Waals surface area contributed by atoms with Gasteiger partial charge in [0.25, 0.3) is 0 Å². The molecule has 1 aliphatic carbocycles. The Morgan fingerprint density at radius 3 is 2.42 bits per heavy atom. The Morgan fingerprint density at radius 2 is 1.89 bits per heavy atom. The van der Waals surface area contributed by atoms with Gasteiger partial charge in [-0.1, -0.05) is 12.8 Å². The zero-order chi connectivity index (χ0) is 14.0. The van der Waals surface area contributed by atoms with E-state index >= 15 is 0 Å². The van der Waals surface area contributed by atoms with Crippen molar-refractivity contribution in [2.75, 3.05) is 7.11 Å². The van der Waals surface area contributed by atoms with Crippen molar-refractivity contribution >= 4 is 0 Å². The molecule has 0 heterocycles. The van der Waals surface area contributed by atoms with Crippen molar-refractivity contribution in [2.24, 2.45) is 5.73 Å². The van der Waals surface area contributed by atoms with Gasteiger partial charge >= 0.3 is 0 Å². The van der Waals surface area contributed by atoms with Crippen LogP contribution in [0, 0.1) is 5.82 Å². The lowest BCUT2D eigenvalue weighted by atomic mass is 9.88. The molecule has 0 saturated heterocycles. The summed E-state index contributed by atoms with van der Waals surface area (Å²) >= 11 is 0. The molecule has 1 aromatic carbocycles. The van der Waals surface area contributed by atoms with Crippen LogP contribution in [0.3, 0.4) is 0 Å². The van der Waals surface area contributed by atoms with E-state index in [0.717, 1.165) is 31.2 Å². The third kappa shape index (κ3) is 2.84. The van der Waals surface area contributed by atoms with Crippen molar-refractivity contribution < 1.29 is 13.9 Å². The first-order valence-electron chi connectivity index (χ1n) is 6.80. The summed E-state index contributed by atoms with van der Waals surface area (Å²) in [7, 11) is 1.52. The molecule has 1 aliphatic rings. The summed E-state index contributed by atoms with van der Waals surface area (Å²) in [5.41, 5.74) is 6.68.